The minimum atomic E-state index is -3.91. The molecule has 0 saturated carbocycles. The summed E-state index contributed by atoms with van der Waals surface area (Å²) in [4.78, 5) is 13.6. The van der Waals surface area contributed by atoms with Crippen molar-refractivity contribution in [2.24, 2.45) is 0 Å². The fourth-order valence-corrected chi connectivity index (χ4v) is 3.79. The number of aromatic amines is 1. The van der Waals surface area contributed by atoms with Crippen LogP contribution < -0.4 is 10.5 Å². The van der Waals surface area contributed by atoms with E-state index in [1.165, 1.54) is 24.5 Å². The zero-order valence-corrected chi connectivity index (χ0v) is 14.1. The van der Waals surface area contributed by atoms with E-state index < -0.39 is 15.8 Å². The van der Waals surface area contributed by atoms with Crippen molar-refractivity contribution in [3.05, 3.63) is 51.8 Å². The molecule has 0 aliphatic heterocycles. The van der Waals surface area contributed by atoms with Gasteiger partial charge in [-0.1, -0.05) is 0 Å². The zero-order valence-electron chi connectivity index (χ0n) is 11.7. The number of fused-ring (bicyclic) bond motifs is 2. The number of halogens is 1. The number of pyridine rings is 1. The molecule has 1 aromatic carbocycles. The number of hydrogen-bond acceptors (Lipinski definition) is 6. The van der Waals surface area contributed by atoms with Crippen LogP contribution in [0.4, 0.5) is 5.69 Å². The third-order valence-corrected chi connectivity index (χ3v) is 5.10. The van der Waals surface area contributed by atoms with Gasteiger partial charge in [0.2, 0.25) is 0 Å². The van der Waals surface area contributed by atoms with Crippen molar-refractivity contribution in [2.75, 3.05) is 4.72 Å². The van der Waals surface area contributed by atoms with Gasteiger partial charge >= 0.3 is 5.76 Å². The van der Waals surface area contributed by atoms with Gasteiger partial charge in [-0.3, -0.25) is 14.1 Å². The normalized spacial score (nSPS) is 12.0. The van der Waals surface area contributed by atoms with Crippen molar-refractivity contribution < 1.29 is 12.8 Å². The average Bonchev–Trinajstić information content (AvgIpc) is 3.10. The molecule has 0 unspecified atom stereocenters. The van der Waals surface area contributed by atoms with Crippen molar-refractivity contribution in [3.63, 3.8) is 0 Å². The summed E-state index contributed by atoms with van der Waals surface area (Å²) in [7, 11) is -3.91. The number of nitrogens with zero attached hydrogens (tertiary/aromatic N) is 3. The lowest BCUT2D eigenvalue weighted by Gasteiger charge is -2.09. The Balaban J connectivity index is 1.81. The Morgan fingerprint density at radius 2 is 2.12 bits per heavy atom. The van der Waals surface area contributed by atoms with E-state index in [0.717, 1.165) is 0 Å². The lowest BCUT2D eigenvalue weighted by Crippen LogP contribution is -2.13. The summed E-state index contributed by atoms with van der Waals surface area (Å²) >= 11 is 3.30. The summed E-state index contributed by atoms with van der Waals surface area (Å²) in [5, 5.41) is 7.64. The topological polar surface area (TPSA) is 122 Å². The number of nitrogens with one attached hydrogen (secondary N) is 2. The van der Waals surface area contributed by atoms with Gasteiger partial charge < -0.3 is 4.42 Å². The second-order valence-corrected chi connectivity index (χ2v) is 7.51. The first-order chi connectivity index (χ1) is 11.4. The van der Waals surface area contributed by atoms with E-state index in [1.54, 1.807) is 16.7 Å². The number of hydrogen-bond donors (Lipinski definition) is 2. The van der Waals surface area contributed by atoms with Crippen molar-refractivity contribution >= 4 is 48.4 Å². The molecule has 0 saturated heterocycles. The van der Waals surface area contributed by atoms with Crippen LogP contribution in [0.1, 0.15) is 0 Å². The molecule has 3 aromatic heterocycles. The maximum Gasteiger partial charge on any atom is 0.417 e. The van der Waals surface area contributed by atoms with Crippen LogP contribution in [0.5, 0.6) is 0 Å². The fraction of sp³-hybridized carbons (Fsp3) is 0. The summed E-state index contributed by atoms with van der Waals surface area (Å²) in [6, 6.07) is 5.68. The average molecular weight is 410 g/mol. The molecule has 0 atom stereocenters. The molecule has 3 heterocycles. The van der Waals surface area contributed by atoms with E-state index in [-0.39, 0.29) is 16.2 Å². The molecule has 2 N–H and O–H groups in total. The van der Waals surface area contributed by atoms with Crippen molar-refractivity contribution in [1.82, 2.24) is 19.6 Å². The van der Waals surface area contributed by atoms with Crippen molar-refractivity contribution in [3.8, 4) is 0 Å². The number of anilines is 1. The monoisotopic (exact) mass is 409 g/mol. The number of sulfonamides is 1. The Kier molecular flexibility index (Phi) is 3.21. The second kappa shape index (κ2) is 5.18. The molecule has 0 amide bonds. The Hall–Kier alpha value is -2.66. The zero-order chi connectivity index (χ0) is 16.9. The van der Waals surface area contributed by atoms with Crippen molar-refractivity contribution in [1.29, 1.82) is 0 Å². The molecule has 0 radical (unpaired) electrons. The Bertz CT molecular complexity index is 1240. The summed E-state index contributed by atoms with van der Waals surface area (Å²) in [5.41, 5.74) is 1.19. The van der Waals surface area contributed by atoms with Crippen LogP contribution in [-0.4, -0.2) is 28.0 Å². The molecule has 24 heavy (non-hydrogen) atoms. The highest BCUT2D eigenvalue weighted by Gasteiger charge is 2.18. The minimum absolute atomic E-state index is 0.0459. The van der Waals surface area contributed by atoms with Crippen molar-refractivity contribution in [2.45, 2.75) is 4.90 Å². The van der Waals surface area contributed by atoms with Gasteiger partial charge in [0.1, 0.15) is 6.33 Å². The number of rotatable bonds is 3. The molecule has 4 aromatic rings. The fourth-order valence-electron chi connectivity index (χ4n) is 2.27. The third kappa shape index (κ3) is 2.47. The number of H-pyrrole nitrogens is 1. The molecule has 0 aliphatic rings. The van der Waals surface area contributed by atoms with Gasteiger partial charge in [-0.25, -0.2) is 13.2 Å². The van der Waals surface area contributed by atoms with Gasteiger partial charge in [-0.2, -0.15) is 0 Å². The highest BCUT2D eigenvalue weighted by Crippen LogP contribution is 2.25. The molecule has 4 rings (SSSR count). The molecular weight excluding hydrogens is 402 g/mol. The maximum atomic E-state index is 12.6. The van der Waals surface area contributed by atoms with Crippen LogP contribution >= 0.6 is 15.9 Å². The predicted octanol–water partition coefficient (Wildman–Crippen LogP) is 1.73. The van der Waals surface area contributed by atoms with Crippen LogP contribution in [0.2, 0.25) is 0 Å². The summed E-state index contributed by atoms with van der Waals surface area (Å²) in [6.07, 6.45) is 3.16. The largest absolute Gasteiger partial charge is 0.417 e. The SMILES string of the molecule is O=c1[nH]c2ccc(S(=O)(=O)Nc3cc(Br)cn4cnnc34)cc2o1. The first-order valence-corrected chi connectivity index (χ1v) is 8.84. The molecule has 0 aliphatic carbocycles. The van der Waals surface area contributed by atoms with Gasteiger partial charge in [0, 0.05) is 16.7 Å². The van der Waals surface area contributed by atoms with Gasteiger partial charge in [-0.05, 0) is 34.1 Å². The first-order valence-electron chi connectivity index (χ1n) is 6.57. The number of benzene rings is 1. The van der Waals surface area contributed by atoms with Gasteiger partial charge in [0.05, 0.1) is 16.1 Å². The van der Waals surface area contributed by atoms with Crippen LogP contribution in [0.25, 0.3) is 16.7 Å². The van der Waals surface area contributed by atoms with E-state index in [2.05, 4.69) is 35.8 Å². The summed E-state index contributed by atoms with van der Waals surface area (Å²) in [5.74, 6) is -0.648. The van der Waals surface area contributed by atoms with Gasteiger partial charge in [0.25, 0.3) is 10.0 Å². The first kappa shape index (κ1) is 14.9. The Morgan fingerprint density at radius 1 is 1.29 bits per heavy atom. The van der Waals surface area contributed by atoms with Crippen LogP contribution in [0.15, 0.2) is 55.4 Å². The molecule has 122 valence electrons. The summed E-state index contributed by atoms with van der Waals surface area (Å²) in [6.45, 7) is 0. The minimum Gasteiger partial charge on any atom is -0.408 e. The number of aromatic nitrogens is 4. The molecule has 11 heteroatoms. The van der Waals surface area contributed by atoms with Crippen LogP contribution in [-0.2, 0) is 10.0 Å². The van der Waals surface area contributed by atoms with Crippen LogP contribution in [0, 0.1) is 0 Å². The second-order valence-electron chi connectivity index (χ2n) is 4.91. The molecule has 0 bridgehead atoms. The van der Waals surface area contributed by atoms with Crippen LogP contribution in [0.3, 0.4) is 0 Å². The molecule has 0 spiro atoms. The Morgan fingerprint density at radius 3 is 2.96 bits per heavy atom. The highest BCUT2D eigenvalue weighted by molar-refractivity contribution is 9.10. The van der Waals surface area contributed by atoms with Gasteiger partial charge in [-0.15, -0.1) is 10.2 Å². The lowest BCUT2D eigenvalue weighted by atomic mass is 10.3. The summed E-state index contributed by atoms with van der Waals surface area (Å²) < 4.78 is 34.8. The van der Waals surface area contributed by atoms with Gasteiger partial charge in [0.15, 0.2) is 11.2 Å². The van der Waals surface area contributed by atoms with E-state index >= 15 is 0 Å². The molecular formula is C13H8BrN5O4S. The maximum absolute atomic E-state index is 12.6. The quantitative estimate of drug-likeness (QED) is 0.531. The predicted molar refractivity (Wildman–Crippen MR) is 88.3 cm³/mol. The standard InChI is InChI=1S/C13H8BrN5O4S/c14-7-3-10(12-17-15-6-19(12)5-7)18-24(21,22)8-1-2-9-11(4-8)23-13(20)16-9/h1-6,18H,(H,16,20). The highest BCUT2D eigenvalue weighted by atomic mass is 79.9. The smallest absolute Gasteiger partial charge is 0.408 e. The third-order valence-electron chi connectivity index (χ3n) is 3.31. The molecule has 0 fully saturated rings. The van der Waals surface area contributed by atoms with E-state index in [0.29, 0.717) is 15.6 Å². The Labute approximate surface area is 142 Å². The van der Waals surface area contributed by atoms with E-state index in [1.807, 2.05) is 0 Å². The lowest BCUT2D eigenvalue weighted by molar-refractivity contribution is 0.554. The molecule has 9 nitrogen and oxygen atoms in total. The van der Waals surface area contributed by atoms with E-state index in [9.17, 15) is 13.2 Å². The number of oxazole rings is 1. The van der Waals surface area contributed by atoms with E-state index in [4.69, 9.17) is 4.42 Å².